The highest BCUT2D eigenvalue weighted by molar-refractivity contribution is 6.09. The largest absolute Gasteiger partial charge is 0.309 e. The molecule has 2 aliphatic rings. The maximum atomic E-state index is 2.46. The van der Waals surface area contributed by atoms with E-state index in [1.807, 2.05) is 0 Å². The second-order valence-electron chi connectivity index (χ2n) is 13.5. The van der Waals surface area contributed by atoms with Gasteiger partial charge in [0.1, 0.15) is 17.1 Å². The van der Waals surface area contributed by atoms with Gasteiger partial charge in [0.15, 0.2) is 0 Å². The summed E-state index contributed by atoms with van der Waals surface area (Å²) >= 11 is 0. The molecule has 0 radical (unpaired) electrons. The van der Waals surface area contributed by atoms with Gasteiger partial charge in [-0.1, -0.05) is 92.7 Å². The maximum Gasteiger partial charge on any atom is 0.141 e. The summed E-state index contributed by atoms with van der Waals surface area (Å²) in [5.74, 6) is 0. The number of hydrogen-bond acceptors (Lipinski definition) is 0. The van der Waals surface area contributed by atoms with E-state index in [4.69, 9.17) is 0 Å². The normalized spacial score (nSPS) is 15.4. The van der Waals surface area contributed by atoms with Crippen LogP contribution >= 0.6 is 0 Å². The fourth-order valence-corrected chi connectivity index (χ4v) is 8.02. The first kappa shape index (κ1) is 27.8. The van der Waals surface area contributed by atoms with Crippen LogP contribution in [0.2, 0.25) is 0 Å². The molecule has 0 fully saturated rings. The van der Waals surface area contributed by atoms with E-state index in [9.17, 15) is 0 Å². The van der Waals surface area contributed by atoms with Crippen molar-refractivity contribution in [2.45, 2.75) is 32.1 Å². The lowest BCUT2D eigenvalue weighted by molar-refractivity contribution is -0.681. The van der Waals surface area contributed by atoms with Crippen molar-refractivity contribution in [1.82, 2.24) is 4.57 Å². The third kappa shape index (κ3) is 4.44. The van der Waals surface area contributed by atoms with Gasteiger partial charge in [0.25, 0.3) is 0 Å². The Hall–Kier alpha value is -5.44. The molecule has 1 N–H and O–H groups in total. The number of benzene rings is 6. The Bertz CT molecular complexity index is 2310. The highest BCUT2D eigenvalue weighted by atomic mass is 15.1. The van der Waals surface area contributed by atoms with E-state index in [0.29, 0.717) is 0 Å². The number of hydrogen-bond donors (Lipinski definition) is 1. The highest BCUT2D eigenvalue weighted by Crippen LogP contribution is 2.50. The molecule has 0 saturated heterocycles. The molecule has 1 heterocycles. The smallest absolute Gasteiger partial charge is 0.141 e. The SMILES string of the molecule is CC1(C)c2cc(-n3c4ccccc4c4ccccc43)ccc2-c2ccc([NH+](c3ccccc3)c3ccc(C4=CC=CCC4)cc3)cc21. The van der Waals surface area contributed by atoms with Crippen LogP contribution in [0.3, 0.4) is 0 Å². The van der Waals surface area contributed by atoms with Crippen molar-refractivity contribution in [3.05, 3.63) is 174 Å². The average molecular weight is 606 g/mol. The maximum absolute atomic E-state index is 2.46. The summed E-state index contributed by atoms with van der Waals surface area (Å²) in [7, 11) is 0. The predicted octanol–water partition coefficient (Wildman–Crippen LogP) is 11.0. The summed E-state index contributed by atoms with van der Waals surface area (Å²) in [5.41, 5.74) is 15.4. The van der Waals surface area contributed by atoms with Gasteiger partial charge >= 0.3 is 0 Å². The number of nitrogens with zero attached hydrogens (tertiary/aromatic N) is 1. The molecule has 2 aliphatic carbocycles. The Morgan fingerprint density at radius 2 is 1.17 bits per heavy atom. The molecule has 0 aliphatic heterocycles. The number of rotatable bonds is 5. The lowest BCUT2D eigenvalue weighted by atomic mass is 9.82. The first-order valence-electron chi connectivity index (χ1n) is 16.8. The van der Waals surface area contributed by atoms with Crippen LogP contribution in [0.4, 0.5) is 17.1 Å². The van der Waals surface area contributed by atoms with E-state index in [-0.39, 0.29) is 5.41 Å². The number of aromatic nitrogens is 1. The van der Waals surface area contributed by atoms with Crippen LogP contribution in [-0.2, 0) is 5.41 Å². The van der Waals surface area contributed by atoms with Gasteiger partial charge < -0.3 is 4.57 Å². The molecule has 2 heteroatoms. The van der Waals surface area contributed by atoms with E-state index in [1.54, 1.807) is 0 Å². The topological polar surface area (TPSA) is 9.37 Å². The molecule has 9 rings (SSSR count). The molecular weight excluding hydrogens is 569 g/mol. The van der Waals surface area contributed by atoms with Crippen LogP contribution in [0.1, 0.15) is 43.4 Å². The third-order valence-corrected chi connectivity index (χ3v) is 10.4. The molecule has 1 aromatic heterocycles. The van der Waals surface area contributed by atoms with Gasteiger partial charge in [-0.3, -0.25) is 0 Å². The van der Waals surface area contributed by atoms with E-state index < -0.39 is 0 Å². The highest BCUT2D eigenvalue weighted by Gasteiger charge is 2.37. The van der Waals surface area contributed by atoms with Gasteiger partial charge in [0.05, 0.1) is 11.0 Å². The first-order valence-corrected chi connectivity index (χ1v) is 16.8. The Morgan fingerprint density at radius 3 is 1.85 bits per heavy atom. The van der Waals surface area contributed by atoms with Gasteiger partial charge in [0.2, 0.25) is 0 Å². The van der Waals surface area contributed by atoms with Crippen molar-refractivity contribution in [2.75, 3.05) is 0 Å². The van der Waals surface area contributed by atoms with Crippen LogP contribution in [0.5, 0.6) is 0 Å². The zero-order chi connectivity index (χ0) is 31.5. The molecule has 1 atom stereocenters. The van der Waals surface area contributed by atoms with Crippen molar-refractivity contribution >= 4 is 44.4 Å². The minimum absolute atomic E-state index is 0.151. The summed E-state index contributed by atoms with van der Waals surface area (Å²) in [6, 6.07) is 51.8. The summed E-state index contributed by atoms with van der Waals surface area (Å²) < 4.78 is 2.43. The van der Waals surface area contributed by atoms with E-state index in [2.05, 4.69) is 176 Å². The monoisotopic (exact) mass is 605 g/mol. The Morgan fingerprint density at radius 1 is 0.574 bits per heavy atom. The fraction of sp³-hybridized carbons (Fsp3) is 0.111. The second kappa shape index (κ2) is 10.8. The fourth-order valence-electron chi connectivity index (χ4n) is 8.02. The summed E-state index contributed by atoms with van der Waals surface area (Å²) in [6.45, 7) is 4.78. The zero-order valence-electron chi connectivity index (χ0n) is 26.9. The molecular formula is C45H37N2+. The van der Waals surface area contributed by atoms with Crippen molar-refractivity contribution in [3.8, 4) is 16.8 Å². The van der Waals surface area contributed by atoms with Gasteiger partial charge in [0, 0.05) is 46.1 Å². The Balaban J connectivity index is 1.15. The third-order valence-electron chi connectivity index (χ3n) is 10.4. The van der Waals surface area contributed by atoms with Crippen molar-refractivity contribution in [2.24, 2.45) is 0 Å². The molecule has 2 nitrogen and oxygen atoms in total. The quantitative estimate of drug-likeness (QED) is 0.200. The van der Waals surface area contributed by atoms with Crippen LogP contribution in [0.25, 0.3) is 44.2 Å². The van der Waals surface area contributed by atoms with E-state index in [0.717, 1.165) is 12.8 Å². The standard InChI is InChI=1S/C45H36N2/c1-45(2)41-29-35(46(33-15-7-4-8-16-33)34-23-21-32(22-24-34)31-13-5-3-6-14-31)25-27-37(41)38-28-26-36(30-42(38)45)47-43-19-11-9-17-39(43)40-18-10-12-20-44(40)47/h3-5,7-13,15-30H,6,14H2,1-2H3/p+1. The van der Waals surface area contributed by atoms with Gasteiger partial charge in [-0.2, -0.15) is 0 Å². The summed E-state index contributed by atoms with van der Waals surface area (Å²) in [5, 5.41) is 2.58. The average Bonchev–Trinajstić information content (AvgIpc) is 3.58. The Labute approximate surface area is 276 Å². The molecule has 7 aromatic rings. The number of nitrogens with one attached hydrogen (secondary N) is 1. The summed E-state index contributed by atoms with van der Waals surface area (Å²) in [6.07, 6.45) is 8.90. The first-order chi connectivity index (χ1) is 23.1. The lowest BCUT2D eigenvalue weighted by Crippen LogP contribution is -2.96. The zero-order valence-corrected chi connectivity index (χ0v) is 26.9. The van der Waals surface area contributed by atoms with E-state index >= 15 is 0 Å². The molecule has 47 heavy (non-hydrogen) atoms. The van der Waals surface area contributed by atoms with Crippen molar-refractivity contribution in [1.29, 1.82) is 0 Å². The van der Waals surface area contributed by atoms with Gasteiger partial charge in [-0.15, -0.1) is 0 Å². The van der Waals surface area contributed by atoms with E-state index in [1.165, 1.54) is 82.8 Å². The van der Waals surface area contributed by atoms with Crippen LogP contribution in [-0.4, -0.2) is 4.57 Å². The minimum Gasteiger partial charge on any atom is -0.309 e. The predicted molar refractivity (Wildman–Crippen MR) is 198 cm³/mol. The minimum atomic E-state index is -0.151. The second-order valence-corrected chi connectivity index (χ2v) is 13.5. The molecule has 0 spiro atoms. The molecule has 0 saturated carbocycles. The number of para-hydroxylation sites is 3. The molecule has 0 amide bonds. The molecule has 226 valence electrons. The van der Waals surface area contributed by atoms with Crippen molar-refractivity contribution < 1.29 is 4.90 Å². The number of fused-ring (bicyclic) bond motifs is 6. The number of allylic oxidation sites excluding steroid dienone is 4. The van der Waals surface area contributed by atoms with Crippen LogP contribution < -0.4 is 4.90 Å². The van der Waals surface area contributed by atoms with Crippen LogP contribution in [0, 0.1) is 0 Å². The summed E-state index contributed by atoms with van der Waals surface area (Å²) in [4.78, 5) is 1.27. The van der Waals surface area contributed by atoms with Gasteiger partial charge in [-0.25, -0.2) is 4.90 Å². The van der Waals surface area contributed by atoms with Crippen LogP contribution in [0.15, 0.2) is 158 Å². The lowest BCUT2D eigenvalue weighted by Gasteiger charge is -2.24. The Kier molecular flexibility index (Phi) is 6.41. The van der Waals surface area contributed by atoms with Gasteiger partial charge in [-0.05, 0) is 101 Å². The molecule has 6 aromatic carbocycles. The number of quaternary nitrogens is 1. The molecule has 0 bridgehead atoms. The van der Waals surface area contributed by atoms with Crippen molar-refractivity contribution in [3.63, 3.8) is 0 Å². The molecule has 1 unspecified atom stereocenters.